The second-order valence-electron chi connectivity index (χ2n) is 10.2. The Kier molecular flexibility index (Phi) is 7.52. The quantitative estimate of drug-likeness (QED) is 0.286. The molecule has 2 amide bonds. The molecule has 0 atom stereocenters. The van der Waals surface area contributed by atoms with Gasteiger partial charge in [-0.1, -0.05) is 36.4 Å². The lowest BCUT2D eigenvalue weighted by Crippen LogP contribution is -2.42. The van der Waals surface area contributed by atoms with Crippen LogP contribution in [0.4, 0.5) is 27.0 Å². The number of rotatable bonds is 8. The van der Waals surface area contributed by atoms with Gasteiger partial charge in [-0.05, 0) is 30.5 Å². The molecule has 0 radical (unpaired) electrons. The zero-order chi connectivity index (χ0) is 28.2. The van der Waals surface area contributed by atoms with Crippen LogP contribution in [0.15, 0.2) is 60.9 Å². The summed E-state index contributed by atoms with van der Waals surface area (Å²) in [5, 5.41) is 9.22. The van der Waals surface area contributed by atoms with E-state index < -0.39 is 0 Å². The number of likely N-dealkylation sites (tertiary alicyclic amines) is 1. The number of fused-ring (bicyclic) bond motifs is 1. The molecule has 1 aliphatic heterocycles. The third kappa shape index (κ3) is 6.32. The van der Waals surface area contributed by atoms with E-state index in [9.17, 15) is 9.59 Å². The maximum absolute atomic E-state index is 12.7. The van der Waals surface area contributed by atoms with Crippen molar-refractivity contribution in [3.05, 3.63) is 66.5 Å². The summed E-state index contributed by atoms with van der Waals surface area (Å²) in [7, 11) is 1.75. The molecule has 2 aromatic heterocycles. The van der Waals surface area contributed by atoms with E-state index in [4.69, 9.17) is 9.47 Å². The molecule has 12 heteroatoms. The van der Waals surface area contributed by atoms with Crippen LogP contribution in [0.1, 0.15) is 31.2 Å². The molecule has 3 heterocycles. The van der Waals surface area contributed by atoms with E-state index in [2.05, 4.69) is 30.9 Å². The minimum atomic E-state index is -0.303. The zero-order valence-corrected chi connectivity index (χ0v) is 22.7. The van der Waals surface area contributed by atoms with Gasteiger partial charge in [-0.15, -0.1) is 0 Å². The molecule has 2 aliphatic rings. The molecule has 0 bridgehead atoms. The van der Waals surface area contributed by atoms with Crippen LogP contribution in [0.5, 0.6) is 5.75 Å². The fraction of sp³-hybridized carbons (Fsp3) is 0.345. The van der Waals surface area contributed by atoms with Gasteiger partial charge in [-0.25, -0.2) is 19.1 Å². The number of carbonyl (C=O) groups excluding carboxylic acids is 2. The summed E-state index contributed by atoms with van der Waals surface area (Å²) >= 11 is 0. The summed E-state index contributed by atoms with van der Waals surface area (Å²) in [5.41, 5.74) is 2.62. The Morgan fingerprint density at radius 1 is 1.00 bits per heavy atom. The van der Waals surface area contributed by atoms with E-state index in [0.29, 0.717) is 54.6 Å². The third-order valence-corrected chi connectivity index (χ3v) is 7.05. The Morgan fingerprint density at radius 3 is 2.56 bits per heavy atom. The van der Waals surface area contributed by atoms with Crippen molar-refractivity contribution >= 4 is 40.7 Å². The molecule has 2 aromatic carbocycles. The van der Waals surface area contributed by atoms with Gasteiger partial charge in [0.2, 0.25) is 5.95 Å². The van der Waals surface area contributed by atoms with Gasteiger partial charge in [0.05, 0.1) is 0 Å². The standard InChI is InChI=1S/C29H32N8O4/c1-30-25-24-26(37(18-31-24)28(38)33-20-10-11-20)35-27(34-25)32-21-8-5-9-23(16-21)41-22-12-14-36(15-13-22)29(39)40-17-19-6-3-2-4-7-19/h2-9,16,18,20,22H,10-15,17H2,1H3,(H,33,38)(H2,30,32,34,35). The fourth-order valence-corrected chi connectivity index (χ4v) is 4.69. The lowest BCUT2D eigenvalue weighted by atomic mass is 10.1. The van der Waals surface area contributed by atoms with Crippen LogP contribution < -0.4 is 20.7 Å². The zero-order valence-electron chi connectivity index (χ0n) is 22.7. The minimum absolute atomic E-state index is 0.0220. The molecular weight excluding hydrogens is 524 g/mol. The number of carbonyl (C=O) groups is 2. The van der Waals surface area contributed by atoms with Crippen LogP contribution in [-0.4, -0.2) is 68.8 Å². The highest BCUT2D eigenvalue weighted by Crippen LogP contribution is 2.27. The Hall–Kier alpha value is -4.87. The van der Waals surface area contributed by atoms with Gasteiger partial charge in [0.1, 0.15) is 24.8 Å². The first-order valence-corrected chi connectivity index (χ1v) is 13.8. The number of aromatic nitrogens is 4. The van der Waals surface area contributed by atoms with Gasteiger partial charge < -0.3 is 30.3 Å². The molecule has 0 unspecified atom stereocenters. The molecule has 2 fully saturated rings. The number of imidazole rings is 1. The number of amides is 2. The van der Waals surface area contributed by atoms with E-state index in [-0.39, 0.29) is 30.9 Å². The van der Waals surface area contributed by atoms with Crippen LogP contribution in [0.2, 0.25) is 0 Å². The van der Waals surface area contributed by atoms with E-state index in [1.807, 2.05) is 54.6 Å². The molecule has 0 spiro atoms. The normalized spacial score (nSPS) is 15.4. The highest BCUT2D eigenvalue weighted by Gasteiger charge is 2.26. The molecule has 12 nitrogen and oxygen atoms in total. The summed E-state index contributed by atoms with van der Waals surface area (Å²) in [6.07, 6.45) is 4.52. The Balaban J connectivity index is 1.07. The third-order valence-electron chi connectivity index (χ3n) is 7.05. The average molecular weight is 557 g/mol. The van der Waals surface area contributed by atoms with Crippen LogP contribution in [0, 0.1) is 0 Å². The largest absolute Gasteiger partial charge is 0.490 e. The number of hydrogen-bond donors (Lipinski definition) is 3. The maximum atomic E-state index is 12.7. The second kappa shape index (κ2) is 11.7. The molecular formula is C29H32N8O4. The number of piperidine rings is 1. The molecule has 3 N–H and O–H groups in total. The molecule has 1 aliphatic carbocycles. The Bertz CT molecular complexity index is 1530. The van der Waals surface area contributed by atoms with Crippen molar-refractivity contribution in [2.24, 2.45) is 0 Å². The SMILES string of the molecule is CNc1nc(Nc2cccc(OC3CCN(C(=O)OCc4ccccc4)CC3)c2)nc2c1ncn2C(=O)NC1CC1. The van der Waals surface area contributed by atoms with Gasteiger partial charge in [0.15, 0.2) is 17.0 Å². The van der Waals surface area contributed by atoms with Gasteiger partial charge in [0.25, 0.3) is 0 Å². The highest BCUT2D eigenvalue weighted by molar-refractivity contribution is 5.92. The summed E-state index contributed by atoms with van der Waals surface area (Å²) in [6.45, 7) is 1.40. The van der Waals surface area contributed by atoms with Crippen LogP contribution in [-0.2, 0) is 11.3 Å². The minimum Gasteiger partial charge on any atom is -0.490 e. The number of ether oxygens (including phenoxy) is 2. The molecule has 4 aromatic rings. The van der Waals surface area contributed by atoms with Crippen LogP contribution in [0.25, 0.3) is 11.2 Å². The van der Waals surface area contributed by atoms with E-state index in [0.717, 1.165) is 24.1 Å². The summed E-state index contributed by atoms with van der Waals surface area (Å²) in [5.74, 6) is 1.53. The van der Waals surface area contributed by atoms with Gasteiger partial charge in [-0.2, -0.15) is 9.97 Å². The Morgan fingerprint density at radius 2 is 1.80 bits per heavy atom. The smallest absolute Gasteiger partial charge is 0.410 e. The highest BCUT2D eigenvalue weighted by atomic mass is 16.6. The van der Waals surface area contributed by atoms with Crippen molar-refractivity contribution < 1.29 is 19.1 Å². The van der Waals surface area contributed by atoms with E-state index in [1.165, 1.54) is 10.9 Å². The summed E-state index contributed by atoms with van der Waals surface area (Å²) in [6, 6.07) is 17.2. The van der Waals surface area contributed by atoms with E-state index in [1.54, 1.807) is 11.9 Å². The van der Waals surface area contributed by atoms with Crippen LogP contribution >= 0.6 is 0 Å². The van der Waals surface area contributed by atoms with Crippen molar-refractivity contribution in [1.29, 1.82) is 0 Å². The summed E-state index contributed by atoms with van der Waals surface area (Å²) in [4.78, 5) is 40.4. The van der Waals surface area contributed by atoms with Crippen LogP contribution in [0.3, 0.4) is 0 Å². The van der Waals surface area contributed by atoms with Gasteiger partial charge in [0, 0.05) is 50.8 Å². The monoisotopic (exact) mass is 556 g/mol. The lowest BCUT2D eigenvalue weighted by molar-refractivity contribution is 0.0638. The first-order chi connectivity index (χ1) is 20.1. The lowest BCUT2D eigenvalue weighted by Gasteiger charge is -2.31. The number of anilines is 3. The maximum Gasteiger partial charge on any atom is 0.410 e. The van der Waals surface area contributed by atoms with E-state index >= 15 is 0 Å². The summed E-state index contributed by atoms with van der Waals surface area (Å²) < 4.78 is 13.1. The topological polar surface area (TPSA) is 136 Å². The van der Waals surface area contributed by atoms with Crippen molar-refractivity contribution in [2.75, 3.05) is 30.8 Å². The Labute approximate surface area is 237 Å². The predicted octanol–water partition coefficient (Wildman–Crippen LogP) is 4.51. The number of nitrogens with one attached hydrogen (secondary N) is 3. The number of benzene rings is 2. The number of nitrogens with zero attached hydrogens (tertiary/aromatic N) is 5. The van der Waals surface area contributed by atoms with Gasteiger partial charge in [-0.3, -0.25) is 0 Å². The first kappa shape index (κ1) is 26.4. The van der Waals surface area contributed by atoms with Crippen molar-refractivity contribution in [3.63, 3.8) is 0 Å². The van der Waals surface area contributed by atoms with Crippen molar-refractivity contribution in [2.45, 2.75) is 44.4 Å². The molecule has 1 saturated carbocycles. The second-order valence-corrected chi connectivity index (χ2v) is 10.2. The molecule has 41 heavy (non-hydrogen) atoms. The van der Waals surface area contributed by atoms with Gasteiger partial charge >= 0.3 is 12.1 Å². The number of hydrogen-bond acceptors (Lipinski definition) is 9. The predicted molar refractivity (Wildman–Crippen MR) is 153 cm³/mol. The van der Waals surface area contributed by atoms with Crippen molar-refractivity contribution in [3.8, 4) is 5.75 Å². The molecule has 212 valence electrons. The average Bonchev–Trinajstić information content (AvgIpc) is 3.71. The molecule has 1 saturated heterocycles. The fourth-order valence-electron chi connectivity index (χ4n) is 4.69. The molecule has 6 rings (SSSR count). The van der Waals surface area contributed by atoms with Crippen molar-refractivity contribution in [1.82, 2.24) is 29.7 Å². The first-order valence-electron chi connectivity index (χ1n) is 13.8.